The fraction of sp³-hybridized carbons (Fsp3) is 0.857. The molecule has 2 nitrogen and oxygen atoms in total. The van der Waals surface area contributed by atoms with Crippen LogP contribution in [0.4, 0.5) is 0 Å². The summed E-state index contributed by atoms with van der Waals surface area (Å²) in [5.74, 6) is 0.659. The Balaban J connectivity index is 2.32. The Hall–Kier alpha value is -0.370. The highest BCUT2D eigenvalue weighted by molar-refractivity contribution is 5.81. The van der Waals surface area contributed by atoms with Crippen molar-refractivity contribution in [2.45, 2.75) is 19.8 Å². The second-order valence-corrected chi connectivity index (χ2v) is 2.44. The first-order valence-corrected chi connectivity index (χ1v) is 3.50. The van der Waals surface area contributed by atoms with Crippen LogP contribution in [0.1, 0.15) is 19.8 Å². The summed E-state index contributed by atoms with van der Waals surface area (Å²) in [6.45, 7) is 3.60. The number of ketones is 1. The number of hydrogen-bond acceptors (Lipinski definition) is 1. The fourth-order valence-corrected chi connectivity index (χ4v) is 1.14. The molecule has 0 aliphatic carbocycles. The van der Waals surface area contributed by atoms with Crippen molar-refractivity contribution < 1.29 is 4.79 Å². The molecule has 1 aliphatic rings. The van der Waals surface area contributed by atoms with Crippen LogP contribution >= 0.6 is 0 Å². The lowest BCUT2D eigenvalue weighted by molar-refractivity contribution is -0.121. The average molecular weight is 126 g/mol. The first-order valence-electron chi connectivity index (χ1n) is 3.50. The summed E-state index contributed by atoms with van der Waals surface area (Å²) in [6, 6.07) is 0. The van der Waals surface area contributed by atoms with E-state index in [1.165, 1.54) is 0 Å². The lowest BCUT2D eigenvalue weighted by atomic mass is 10.0. The maximum absolute atomic E-state index is 11.0. The molecule has 9 heavy (non-hydrogen) atoms. The molecule has 0 amide bonds. The lowest BCUT2D eigenvalue weighted by Gasteiger charge is -2.01. The van der Waals surface area contributed by atoms with Gasteiger partial charge in [0, 0.05) is 25.4 Å². The minimum atomic E-state index is 0.273. The predicted molar refractivity (Wildman–Crippen MR) is 35.3 cm³/mol. The summed E-state index contributed by atoms with van der Waals surface area (Å²) in [5.41, 5.74) is 0. The third kappa shape index (κ3) is 1.52. The van der Waals surface area contributed by atoms with Crippen LogP contribution in [0.15, 0.2) is 0 Å². The highest BCUT2D eigenvalue weighted by atomic mass is 16.1. The summed E-state index contributed by atoms with van der Waals surface area (Å²) in [7, 11) is 0. The summed E-state index contributed by atoms with van der Waals surface area (Å²) in [4.78, 5) is 11.0. The molecule has 1 aliphatic heterocycles. The average Bonchev–Trinajstić information content (AvgIpc) is 2.37. The highest BCUT2D eigenvalue weighted by Gasteiger charge is 2.20. The van der Waals surface area contributed by atoms with Crippen LogP contribution in [0.25, 0.3) is 0 Å². The minimum absolute atomic E-state index is 0.273. The van der Waals surface area contributed by atoms with Crippen LogP contribution in [0.2, 0.25) is 0 Å². The molecule has 0 aromatic carbocycles. The van der Waals surface area contributed by atoms with E-state index in [1.807, 2.05) is 6.92 Å². The van der Waals surface area contributed by atoms with Gasteiger partial charge in [-0.25, -0.2) is 5.32 Å². The Morgan fingerprint density at radius 3 is 3.00 bits per heavy atom. The molecule has 0 N–H and O–H groups in total. The van der Waals surface area contributed by atoms with Crippen LogP contribution in [-0.2, 0) is 4.79 Å². The van der Waals surface area contributed by atoms with Crippen molar-refractivity contribution in [3.63, 3.8) is 0 Å². The van der Waals surface area contributed by atoms with Gasteiger partial charge in [-0.3, -0.25) is 4.79 Å². The van der Waals surface area contributed by atoms with E-state index >= 15 is 0 Å². The zero-order valence-corrected chi connectivity index (χ0v) is 5.76. The number of carbonyl (C=O) groups excluding carboxylic acids is 1. The topological polar surface area (TPSA) is 31.2 Å². The lowest BCUT2D eigenvalue weighted by Crippen LogP contribution is -2.13. The smallest absolute Gasteiger partial charge is 0.137 e. The highest BCUT2D eigenvalue weighted by Crippen LogP contribution is 2.10. The van der Waals surface area contributed by atoms with E-state index in [0.717, 1.165) is 19.5 Å². The third-order valence-corrected chi connectivity index (χ3v) is 1.79. The van der Waals surface area contributed by atoms with E-state index in [2.05, 4.69) is 5.32 Å². The molecule has 1 fully saturated rings. The van der Waals surface area contributed by atoms with Crippen LogP contribution in [0.3, 0.4) is 0 Å². The van der Waals surface area contributed by atoms with Crippen molar-refractivity contribution >= 4 is 5.78 Å². The van der Waals surface area contributed by atoms with E-state index in [4.69, 9.17) is 0 Å². The Labute approximate surface area is 55.6 Å². The predicted octanol–water partition coefficient (Wildman–Crippen LogP) is 0.590. The Morgan fingerprint density at radius 2 is 2.56 bits per heavy atom. The van der Waals surface area contributed by atoms with Gasteiger partial charge in [-0.05, 0) is 6.42 Å². The third-order valence-electron chi connectivity index (χ3n) is 1.79. The summed E-state index contributed by atoms with van der Waals surface area (Å²) in [5, 5.41) is 4.11. The molecule has 0 aromatic heterocycles. The van der Waals surface area contributed by atoms with Gasteiger partial charge in [-0.15, -0.1) is 0 Å². The molecule has 1 saturated heterocycles. The van der Waals surface area contributed by atoms with Gasteiger partial charge in [0.25, 0.3) is 0 Å². The zero-order chi connectivity index (χ0) is 6.69. The van der Waals surface area contributed by atoms with Gasteiger partial charge in [0.15, 0.2) is 0 Å². The van der Waals surface area contributed by atoms with Crippen molar-refractivity contribution in [1.82, 2.24) is 5.32 Å². The SMILES string of the molecule is CCC(=O)C1CC[N]C1. The van der Waals surface area contributed by atoms with Crippen LogP contribution < -0.4 is 5.32 Å². The van der Waals surface area contributed by atoms with E-state index < -0.39 is 0 Å². The van der Waals surface area contributed by atoms with Gasteiger partial charge in [0.05, 0.1) is 0 Å². The molecular weight excluding hydrogens is 114 g/mol. The molecule has 1 heterocycles. The second kappa shape index (κ2) is 2.97. The van der Waals surface area contributed by atoms with E-state index in [1.54, 1.807) is 0 Å². The second-order valence-electron chi connectivity index (χ2n) is 2.44. The maximum atomic E-state index is 11.0. The Kier molecular flexibility index (Phi) is 2.22. The molecule has 1 unspecified atom stereocenters. The van der Waals surface area contributed by atoms with Crippen LogP contribution in [0.5, 0.6) is 0 Å². The maximum Gasteiger partial charge on any atom is 0.137 e. The first kappa shape index (κ1) is 6.75. The molecule has 1 rings (SSSR count). The quantitative estimate of drug-likeness (QED) is 0.532. The summed E-state index contributed by atoms with van der Waals surface area (Å²) >= 11 is 0. The molecule has 0 saturated carbocycles. The summed E-state index contributed by atoms with van der Waals surface area (Å²) in [6.07, 6.45) is 1.67. The van der Waals surface area contributed by atoms with Crippen molar-refractivity contribution in [1.29, 1.82) is 0 Å². The van der Waals surface area contributed by atoms with Gasteiger partial charge in [0.2, 0.25) is 0 Å². The number of nitrogens with zero attached hydrogens (tertiary/aromatic N) is 1. The summed E-state index contributed by atoms with van der Waals surface area (Å²) < 4.78 is 0. The molecule has 51 valence electrons. The van der Waals surface area contributed by atoms with Crippen LogP contribution in [-0.4, -0.2) is 18.9 Å². The van der Waals surface area contributed by atoms with Crippen molar-refractivity contribution in [2.24, 2.45) is 5.92 Å². The minimum Gasteiger partial charge on any atom is -0.299 e. The van der Waals surface area contributed by atoms with E-state index in [0.29, 0.717) is 12.2 Å². The van der Waals surface area contributed by atoms with Gasteiger partial charge >= 0.3 is 0 Å². The number of Topliss-reactive ketones (excluding diaryl/α,β-unsaturated/α-hetero) is 1. The molecule has 0 bridgehead atoms. The number of carbonyl (C=O) groups is 1. The number of hydrogen-bond donors (Lipinski definition) is 0. The standard InChI is InChI=1S/C7H12NO/c1-2-7(9)6-3-4-8-5-6/h6H,2-5H2,1H3. The van der Waals surface area contributed by atoms with E-state index in [-0.39, 0.29) is 5.92 Å². The molecule has 0 aromatic rings. The molecule has 1 atom stereocenters. The Bertz CT molecular complexity index is 105. The number of rotatable bonds is 2. The Morgan fingerprint density at radius 1 is 1.78 bits per heavy atom. The van der Waals surface area contributed by atoms with E-state index in [9.17, 15) is 4.79 Å². The van der Waals surface area contributed by atoms with Crippen molar-refractivity contribution in [3.8, 4) is 0 Å². The van der Waals surface area contributed by atoms with Gasteiger partial charge in [-0.1, -0.05) is 6.92 Å². The molecular formula is C7H12NO. The fourth-order valence-electron chi connectivity index (χ4n) is 1.14. The van der Waals surface area contributed by atoms with Crippen molar-refractivity contribution in [2.75, 3.05) is 13.1 Å². The van der Waals surface area contributed by atoms with Gasteiger partial charge < -0.3 is 0 Å². The largest absolute Gasteiger partial charge is 0.299 e. The van der Waals surface area contributed by atoms with Gasteiger partial charge in [-0.2, -0.15) is 0 Å². The molecule has 0 spiro atoms. The first-order chi connectivity index (χ1) is 4.34. The molecule has 2 heteroatoms. The van der Waals surface area contributed by atoms with Crippen molar-refractivity contribution in [3.05, 3.63) is 0 Å². The molecule has 1 radical (unpaired) electrons. The normalized spacial score (nSPS) is 26.6. The van der Waals surface area contributed by atoms with Crippen LogP contribution in [0, 0.1) is 5.92 Å². The zero-order valence-electron chi connectivity index (χ0n) is 5.76. The van der Waals surface area contributed by atoms with Gasteiger partial charge in [0.1, 0.15) is 5.78 Å². The monoisotopic (exact) mass is 126 g/mol.